The molecule has 3 heteroatoms. The SMILES string of the molecule is Cc1cccc(C)c1-c1ccc(C2(c3ccc(-c4c(C)cccc4C)c(-c4[c-]cccc4)n3)c3ccccc3C(C)(C)c3ccccc32)nc1-c1[c-]cccc1.[Pt+2]. The van der Waals surface area contributed by atoms with Gasteiger partial charge in [0.25, 0.3) is 0 Å². The third-order valence-electron chi connectivity index (χ3n) is 12.0. The molecule has 0 saturated heterocycles. The maximum absolute atomic E-state index is 5.85. The van der Waals surface area contributed by atoms with Gasteiger partial charge in [-0.05, 0) is 118 Å². The van der Waals surface area contributed by atoms with Crippen LogP contribution in [0.1, 0.15) is 69.7 Å². The van der Waals surface area contributed by atoms with E-state index >= 15 is 0 Å². The van der Waals surface area contributed by atoms with Gasteiger partial charge in [0.05, 0.1) is 11.4 Å². The summed E-state index contributed by atoms with van der Waals surface area (Å²) in [6.45, 7) is 13.5. The molecule has 0 amide bonds. The van der Waals surface area contributed by atoms with Crippen LogP contribution in [-0.4, -0.2) is 9.97 Å². The van der Waals surface area contributed by atoms with Crippen LogP contribution in [0.5, 0.6) is 0 Å². The molecule has 0 unspecified atom stereocenters. The van der Waals surface area contributed by atoms with Crippen LogP contribution in [0.15, 0.2) is 158 Å². The second-order valence-electron chi connectivity index (χ2n) is 15.7. The van der Waals surface area contributed by atoms with Gasteiger partial charge in [-0.2, -0.15) is 0 Å². The number of hydrogen-bond donors (Lipinski definition) is 0. The first-order chi connectivity index (χ1) is 27.2. The minimum absolute atomic E-state index is 0. The van der Waals surface area contributed by atoms with E-state index in [4.69, 9.17) is 9.97 Å². The van der Waals surface area contributed by atoms with Gasteiger partial charge in [0.2, 0.25) is 0 Å². The Balaban J connectivity index is 0.00000455. The van der Waals surface area contributed by atoms with Crippen molar-refractivity contribution in [2.75, 3.05) is 0 Å². The average molecular weight is 916 g/mol. The molecule has 8 aromatic rings. The van der Waals surface area contributed by atoms with Crippen LogP contribution in [0.25, 0.3) is 44.8 Å². The standard InChI is InChI=1S/C54H44N2.Pt/c1-35-19-17-20-36(2)49(35)41-31-33-47(55-51(41)39-23-9-7-10-24-39)54(45-29-15-13-27-43(45)53(5,6)44-28-14-16-30-46(44)54)48-34-32-42(50-37(3)21-18-22-38(50)4)52(56-48)40-25-11-8-12-26-40;/h7-23,25,27-34H,1-6H3;/q-2;+2. The number of fused-ring (bicyclic) bond motifs is 2. The molecule has 6 aromatic carbocycles. The van der Waals surface area contributed by atoms with Gasteiger partial charge in [-0.3, -0.25) is 9.97 Å². The van der Waals surface area contributed by atoms with Crippen molar-refractivity contribution in [3.8, 4) is 44.8 Å². The quantitative estimate of drug-likeness (QED) is 0.155. The van der Waals surface area contributed by atoms with Crippen molar-refractivity contribution < 1.29 is 21.1 Å². The van der Waals surface area contributed by atoms with E-state index in [-0.39, 0.29) is 26.5 Å². The molecule has 0 radical (unpaired) electrons. The molecule has 0 N–H and O–H groups in total. The minimum atomic E-state index is -0.867. The topological polar surface area (TPSA) is 25.8 Å². The molecule has 1 aliphatic rings. The summed E-state index contributed by atoms with van der Waals surface area (Å²) in [6, 6.07) is 63.5. The average Bonchev–Trinajstić information content (AvgIpc) is 3.22. The number of pyridine rings is 2. The molecule has 0 fully saturated rings. The molecule has 0 bridgehead atoms. The van der Waals surface area contributed by atoms with Gasteiger partial charge in [0.1, 0.15) is 5.41 Å². The largest absolute Gasteiger partial charge is 2.00 e. The Morgan fingerprint density at radius 1 is 0.404 bits per heavy atom. The summed E-state index contributed by atoms with van der Waals surface area (Å²) in [7, 11) is 0. The van der Waals surface area contributed by atoms with Gasteiger partial charge in [-0.1, -0.05) is 111 Å². The molecule has 0 spiro atoms. The molecular weight excluding hydrogens is 872 g/mol. The molecule has 2 aromatic heterocycles. The first kappa shape index (κ1) is 38.2. The first-order valence-electron chi connectivity index (χ1n) is 19.5. The molecule has 2 heterocycles. The fourth-order valence-electron chi connectivity index (χ4n) is 9.39. The molecule has 280 valence electrons. The van der Waals surface area contributed by atoms with Gasteiger partial charge in [0, 0.05) is 5.41 Å². The number of nitrogens with zero attached hydrogens (tertiary/aromatic N) is 2. The zero-order chi connectivity index (χ0) is 38.6. The van der Waals surface area contributed by atoms with Crippen LogP contribution >= 0.6 is 0 Å². The van der Waals surface area contributed by atoms with Gasteiger partial charge in [-0.25, -0.2) is 0 Å². The summed E-state index contributed by atoms with van der Waals surface area (Å²) in [5, 5.41) is 0. The zero-order valence-corrected chi connectivity index (χ0v) is 35.5. The summed E-state index contributed by atoms with van der Waals surface area (Å²) in [4.78, 5) is 11.7. The predicted octanol–water partition coefficient (Wildman–Crippen LogP) is 13.0. The van der Waals surface area contributed by atoms with Gasteiger partial charge in [-0.15, -0.1) is 71.8 Å². The van der Waals surface area contributed by atoms with E-state index < -0.39 is 5.41 Å². The van der Waals surface area contributed by atoms with E-state index in [1.165, 1.54) is 55.6 Å². The Hall–Kier alpha value is -5.69. The van der Waals surface area contributed by atoms with Gasteiger partial charge < -0.3 is 0 Å². The minimum Gasteiger partial charge on any atom is -0.299 e. The van der Waals surface area contributed by atoms with E-state index in [1.54, 1.807) is 0 Å². The molecule has 0 saturated carbocycles. The first-order valence-corrected chi connectivity index (χ1v) is 19.5. The molecule has 0 atom stereocenters. The van der Waals surface area contributed by atoms with Crippen LogP contribution < -0.4 is 0 Å². The molecule has 57 heavy (non-hydrogen) atoms. The van der Waals surface area contributed by atoms with Gasteiger partial charge >= 0.3 is 21.1 Å². The van der Waals surface area contributed by atoms with E-state index in [9.17, 15) is 0 Å². The van der Waals surface area contributed by atoms with Crippen LogP contribution in [0.4, 0.5) is 0 Å². The number of aryl methyl sites for hydroxylation is 4. The van der Waals surface area contributed by atoms with Crippen molar-refractivity contribution in [3.05, 3.63) is 226 Å². The fraction of sp³-hybridized carbons (Fsp3) is 0.148. The van der Waals surface area contributed by atoms with Crippen LogP contribution in [0.2, 0.25) is 0 Å². The van der Waals surface area contributed by atoms with Crippen molar-refractivity contribution in [1.29, 1.82) is 0 Å². The van der Waals surface area contributed by atoms with Crippen LogP contribution in [0.3, 0.4) is 0 Å². The van der Waals surface area contributed by atoms with Crippen molar-refractivity contribution in [2.24, 2.45) is 0 Å². The Morgan fingerprint density at radius 3 is 1.14 bits per heavy atom. The summed E-state index contributed by atoms with van der Waals surface area (Å²) >= 11 is 0. The molecule has 1 aliphatic carbocycles. The summed E-state index contributed by atoms with van der Waals surface area (Å²) in [6.07, 6.45) is 0. The smallest absolute Gasteiger partial charge is 0.299 e. The Kier molecular flexibility index (Phi) is 10.0. The Labute approximate surface area is 352 Å². The molecular formula is C54H44N2Pt. The maximum Gasteiger partial charge on any atom is 2.00 e. The molecule has 2 nitrogen and oxygen atoms in total. The predicted molar refractivity (Wildman–Crippen MR) is 231 cm³/mol. The third kappa shape index (κ3) is 6.14. The van der Waals surface area contributed by atoms with Crippen molar-refractivity contribution >= 4 is 0 Å². The Bertz CT molecular complexity index is 2530. The van der Waals surface area contributed by atoms with Crippen LogP contribution in [0, 0.1) is 39.8 Å². The summed E-state index contributed by atoms with van der Waals surface area (Å²) in [5.41, 5.74) is 18.8. The second-order valence-corrected chi connectivity index (χ2v) is 15.7. The number of hydrogen-bond acceptors (Lipinski definition) is 2. The maximum atomic E-state index is 5.85. The fourth-order valence-corrected chi connectivity index (χ4v) is 9.39. The van der Waals surface area contributed by atoms with Crippen LogP contribution in [-0.2, 0) is 31.9 Å². The summed E-state index contributed by atoms with van der Waals surface area (Å²) in [5.74, 6) is 0. The number of benzene rings is 6. The monoisotopic (exact) mass is 915 g/mol. The van der Waals surface area contributed by atoms with E-state index in [1.807, 2.05) is 24.3 Å². The van der Waals surface area contributed by atoms with E-state index in [0.29, 0.717) is 0 Å². The molecule has 0 aliphatic heterocycles. The number of aromatic nitrogens is 2. The zero-order valence-electron chi connectivity index (χ0n) is 33.2. The van der Waals surface area contributed by atoms with Crippen molar-refractivity contribution in [2.45, 2.75) is 52.4 Å². The van der Waals surface area contributed by atoms with Gasteiger partial charge in [0.15, 0.2) is 0 Å². The second kappa shape index (κ2) is 15.0. The molecule has 9 rings (SSSR count). The Morgan fingerprint density at radius 2 is 0.772 bits per heavy atom. The van der Waals surface area contributed by atoms with E-state index in [0.717, 1.165) is 45.0 Å². The summed E-state index contributed by atoms with van der Waals surface area (Å²) < 4.78 is 0. The third-order valence-corrected chi connectivity index (χ3v) is 12.0. The normalized spacial score (nSPS) is 13.6. The van der Waals surface area contributed by atoms with Crippen molar-refractivity contribution in [1.82, 2.24) is 9.97 Å². The number of rotatable bonds is 6. The van der Waals surface area contributed by atoms with Crippen molar-refractivity contribution in [3.63, 3.8) is 0 Å². The van der Waals surface area contributed by atoms with E-state index in [2.05, 4.69) is 187 Å².